The lowest BCUT2D eigenvalue weighted by atomic mass is 10.2. The van der Waals surface area contributed by atoms with Crippen LogP contribution in [-0.2, 0) is 9.59 Å². The zero-order chi connectivity index (χ0) is 17.3. The highest BCUT2D eigenvalue weighted by atomic mass is 16.6. The Hall–Kier alpha value is -3.42. The van der Waals surface area contributed by atoms with Crippen LogP contribution in [0.1, 0.15) is 6.42 Å². The summed E-state index contributed by atoms with van der Waals surface area (Å²) in [5.74, 6) is -0.912. The van der Waals surface area contributed by atoms with Gasteiger partial charge < -0.3 is 10.4 Å². The van der Waals surface area contributed by atoms with Crippen molar-refractivity contribution in [3.8, 4) is 5.75 Å². The van der Waals surface area contributed by atoms with E-state index in [9.17, 15) is 24.8 Å². The predicted octanol–water partition coefficient (Wildman–Crippen LogP) is 2.04. The third kappa shape index (κ3) is 2.76. The maximum atomic E-state index is 12.5. The Kier molecular flexibility index (Phi) is 3.87. The highest BCUT2D eigenvalue weighted by Gasteiger charge is 2.39. The monoisotopic (exact) mass is 327 g/mol. The second kappa shape index (κ2) is 5.99. The second-order valence-corrected chi connectivity index (χ2v) is 5.26. The number of phenols is 1. The van der Waals surface area contributed by atoms with Gasteiger partial charge in [0.2, 0.25) is 5.91 Å². The van der Waals surface area contributed by atoms with Crippen LogP contribution in [0.3, 0.4) is 0 Å². The fourth-order valence-corrected chi connectivity index (χ4v) is 2.52. The molecule has 1 atom stereocenters. The van der Waals surface area contributed by atoms with Crippen molar-refractivity contribution in [1.82, 2.24) is 0 Å². The average Bonchev–Trinajstić information content (AvgIpc) is 2.84. The molecule has 0 aliphatic carbocycles. The number of phenolic OH excluding ortho intramolecular Hbond substituents is 1. The third-order valence-corrected chi connectivity index (χ3v) is 3.70. The number of benzene rings is 2. The van der Waals surface area contributed by atoms with Gasteiger partial charge >= 0.3 is 0 Å². The molecule has 0 aromatic heterocycles. The van der Waals surface area contributed by atoms with Crippen molar-refractivity contribution in [2.45, 2.75) is 12.5 Å². The number of nitro groups is 1. The Bertz CT molecular complexity index is 819. The van der Waals surface area contributed by atoms with Crippen molar-refractivity contribution >= 4 is 28.9 Å². The van der Waals surface area contributed by atoms with Crippen LogP contribution >= 0.6 is 0 Å². The van der Waals surface area contributed by atoms with E-state index in [-0.39, 0.29) is 23.5 Å². The van der Waals surface area contributed by atoms with Gasteiger partial charge in [0, 0.05) is 12.1 Å². The Morgan fingerprint density at radius 1 is 1.12 bits per heavy atom. The summed E-state index contributed by atoms with van der Waals surface area (Å²) in [4.78, 5) is 35.7. The molecule has 2 aromatic carbocycles. The van der Waals surface area contributed by atoms with Crippen LogP contribution in [0.5, 0.6) is 5.75 Å². The first-order chi connectivity index (χ1) is 11.5. The van der Waals surface area contributed by atoms with E-state index in [1.807, 2.05) is 0 Å². The molecule has 8 nitrogen and oxygen atoms in total. The van der Waals surface area contributed by atoms with Crippen molar-refractivity contribution < 1.29 is 19.6 Å². The Morgan fingerprint density at radius 2 is 1.79 bits per heavy atom. The molecule has 1 unspecified atom stereocenters. The van der Waals surface area contributed by atoms with Gasteiger partial charge in [-0.2, -0.15) is 0 Å². The molecule has 0 saturated carbocycles. The van der Waals surface area contributed by atoms with Gasteiger partial charge in [-0.1, -0.05) is 12.1 Å². The maximum absolute atomic E-state index is 12.5. The van der Waals surface area contributed by atoms with Crippen molar-refractivity contribution in [2.75, 3.05) is 10.2 Å². The molecule has 2 aromatic rings. The van der Waals surface area contributed by atoms with Crippen molar-refractivity contribution in [3.63, 3.8) is 0 Å². The number of nitrogens with one attached hydrogen (secondary N) is 1. The number of rotatable bonds is 4. The first kappa shape index (κ1) is 15.5. The predicted molar refractivity (Wildman–Crippen MR) is 85.7 cm³/mol. The molecule has 2 amide bonds. The zero-order valence-corrected chi connectivity index (χ0v) is 12.4. The van der Waals surface area contributed by atoms with E-state index >= 15 is 0 Å². The van der Waals surface area contributed by atoms with Crippen LogP contribution in [0.25, 0.3) is 0 Å². The number of nitro benzene ring substituents is 1. The third-order valence-electron chi connectivity index (χ3n) is 3.70. The van der Waals surface area contributed by atoms with Crippen LogP contribution in [0.4, 0.5) is 17.1 Å². The summed E-state index contributed by atoms with van der Waals surface area (Å²) in [6, 6.07) is 10.8. The van der Waals surface area contributed by atoms with Gasteiger partial charge in [0.15, 0.2) is 0 Å². The highest BCUT2D eigenvalue weighted by Crippen LogP contribution is 2.29. The molecular formula is C16H13N3O5. The van der Waals surface area contributed by atoms with Gasteiger partial charge in [0.05, 0.1) is 22.7 Å². The molecule has 24 heavy (non-hydrogen) atoms. The van der Waals surface area contributed by atoms with Crippen molar-refractivity contribution in [2.24, 2.45) is 0 Å². The van der Waals surface area contributed by atoms with Gasteiger partial charge in [-0.05, 0) is 24.3 Å². The number of para-hydroxylation sites is 2. The van der Waals surface area contributed by atoms with E-state index in [2.05, 4.69) is 5.32 Å². The second-order valence-electron chi connectivity index (χ2n) is 5.26. The fraction of sp³-hybridized carbons (Fsp3) is 0.125. The normalized spacial score (nSPS) is 17.2. The molecular weight excluding hydrogens is 314 g/mol. The van der Waals surface area contributed by atoms with E-state index in [0.29, 0.717) is 5.69 Å². The largest absolute Gasteiger partial charge is 0.506 e. The minimum absolute atomic E-state index is 0.0217. The van der Waals surface area contributed by atoms with E-state index in [0.717, 1.165) is 4.90 Å². The summed E-state index contributed by atoms with van der Waals surface area (Å²) in [5, 5.41) is 23.3. The van der Waals surface area contributed by atoms with Gasteiger partial charge in [0.1, 0.15) is 11.8 Å². The summed E-state index contributed by atoms with van der Waals surface area (Å²) in [6.07, 6.45) is -0.0653. The molecule has 0 radical (unpaired) electrons. The molecule has 8 heteroatoms. The number of carbonyl (C=O) groups excluding carboxylic acids is 2. The highest BCUT2D eigenvalue weighted by molar-refractivity contribution is 6.23. The number of anilines is 2. The topological polar surface area (TPSA) is 113 Å². The van der Waals surface area contributed by atoms with Crippen LogP contribution in [0.15, 0.2) is 48.5 Å². The number of imide groups is 1. The summed E-state index contributed by atoms with van der Waals surface area (Å²) in [6.45, 7) is 0. The first-order valence-corrected chi connectivity index (χ1v) is 7.13. The molecule has 122 valence electrons. The van der Waals surface area contributed by atoms with Crippen molar-refractivity contribution in [3.05, 3.63) is 58.6 Å². The van der Waals surface area contributed by atoms with Crippen LogP contribution in [0.2, 0.25) is 0 Å². The number of hydrogen-bond acceptors (Lipinski definition) is 6. The SMILES string of the molecule is O=C1CC(Nc2ccccc2O)C(=O)N1c1ccc([N+](=O)[O-])cc1. The number of carbonyl (C=O) groups is 2. The Balaban J connectivity index is 1.81. The minimum atomic E-state index is -0.805. The molecule has 1 aliphatic heterocycles. The summed E-state index contributed by atoms with van der Waals surface area (Å²) >= 11 is 0. The first-order valence-electron chi connectivity index (χ1n) is 7.13. The van der Waals surface area contributed by atoms with Gasteiger partial charge in [0.25, 0.3) is 11.6 Å². The molecule has 1 saturated heterocycles. The molecule has 2 N–H and O–H groups in total. The number of aromatic hydroxyl groups is 1. The average molecular weight is 327 g/mol. The Morgan fingerprint density at radius 3 is 2.42 bits per heavy atom. The summed E-state index contributed by atoms with van der Waals surface area (Å²) in [5.41, 5.74) is 0.508. The number of amides is 2. The van der Waals surface area contributed by atoms with Gasteiger partial charge in [-0.25, -0.2) is 4.90 Å². The van der Waals surface area contributed by atoms with E-state index < -0.39 is 22.8 Å². The van der Waals surface area contributed by atoms with E-state index in [1.165, 1.54) is 30.3 Å². The Labute approximate surface area is 136 Å². The minimum Gasteiger partial charge on any atom is -0.506 e. The van der Waals surface area contributed by atoms with Crippen LogP contribution in [0, 0.1) is 10.1 Å². The van der Waals surface area contributed by atoms with E-state index in [4.69, 9.17) is 0 Å². The number of nitrogens with zero attached hydrogens (tertiary/aromatic N) is 2. The molecule has 0 spiro atoms. The lowest BCUT2D eigenvalue weighted by molar-refractivity contribution is -0.384. The van der Waals surface area contributed by atoms with E-state index in [1.54, 1.807) is 18.2 Å². The lowest BCUT2D eigenvalue weighted by Crippen LogP contribution is -2.34. The smallest absolute Gasteiger partial charge is 0.269 e. The lowest BCUT2D eigenvalue weighted by Gasteiger charge is -2.16. The van der Waals surface area contributed by atoms with Crippen LogP contribution in [-0.4, -0.2) is 27.9 Å². The molecule has 1 aliphatic rings. The molecule has 3 rings (SSSR count). The van der Waals surface area contributed by atoms with Gasteiger partial charge in [-0.15, -0.1) is 0 Å². The molecule has 0 bridgehead atoms. The number of non-ortho nitro benzene ring substituents is 1. The number of hydrogen-bond donors (Lipinski definition) is 2. The quantitative estimate of drug-likeness (QED) is 0.384. The van der Waals surface area contributed by atoms with Crippen molar-refractivity contribution in [1.29, 1.82) is 0 Å². The summed E-state index contributed by atoms with van der Waals surface area (Å²) < 4.78 is 0. The fourth-order valence-electron chi connectivity index (χ4n) is 2.52. The molecule has 1 fully saturated rings. The zero-order valence-electron chi connectivity index (χ0n) is 12.4. The van der Waals surface area contributed by atoms with Crippen LogP contribution < -0.4 is 10.2 Å². The standard InChI is InChI=1S/C16H13N3O5/c20-14-4-2-1-3-12(14)17-13-9-15(21)18(16(13)22)10-5-7-11(8-6-10)19(23)24/h1-8,13,17,20H,9H2. The van der Waals surface area contributed by atoms with Gasteiger partial charge in [-0.3, -0.25) is 19.7 Å². The summed E-state index contributed by atoms with van der Waals surface area (Å²) in [7, 11) is 0. The molecule has 1 heterocycles. The maximum Gasteiger partial charge on any atom is 0.269 e.